The molecule has 2 aromatic carbocycles. The van der Waals surface area contributed by atoms with Gasteiger partial charge in [0.1, 0.15) is 5.60 Å². The smallest absolute Gasteiger partial charge is 0.244 e. The third-order valence-corrected chi connectivity index (χ3v) is 5.99. The van der Waals surface area contributed by atoms with Gasteiger partial charge in [0.05, 0.1) is 6.54 Å². The molecule has 2 aromatic rings. The topological polar surface area (TPSA) is 58.6 Å². The van der Waals surface area contributed by atoms with Gasteiger partial charge in [-0.3, -0.25) is 4.79 Å². The fraction of sp³-hybridized carbons (Fsp3) is 0.348. The molecular weight excluding hydrogens is 370 g/mol. The lowest BCUT2D eigenvalue weighted by Crippen LogP contribution is -2.47. The van der Waals surface area contributed by atoms with E-state index in [2.05, 4.69) is 5.32 Å². The third-order valence-electron chi connectivity index (χ3n) is 5.25. The molecule has 0 saturated carbocycles. The molecular formula is C23H27NO3S. The second-order valence-corrected chi connectivity index (χ2v) is 7.88. The minimum absolute atomic E-state index is 0.0482. The summed E-state index contributed by atoms with van der Waals surface area (Å²) in [7, 11) is 0. The Kier molecular flexibility index (Phi) is 7.31. The molecule has 5 heteroatoms. The first-order valence-electron chi connectivity index (χ1n) is 9.57. The summed E-state index contributed by atoms with van der Waals surface area (Å²) in [5.41, 5.74) is 0.698. The van der Waals surface area contributed by atoms with Crippen molar-refractivity contribution >= 4 is 23.7 Å². The van der Waals surface area contributed by atoms with Crippen LogP contribution in [-0.2, 0) is 15.1 Å². The first-order chi connectivity index (χ1) is 13.6. The standard InChI is InChI=1S/C23H27NO3S/c1-28-21-10-7-18(8-11-21)9-12-22(25)24-17-23(26,19-5-3-2-4-6-19)20-13-15-27-16-14-20/h2-12,20,26H,13-17H2,1H3,(H,24,25)/b12-9+/t23-/m0/s1. The number of hydrogen-bond donors (Lipinski definition) is 2. The minimum Gasteiger partial charge on any atom is -0.383 e. The van der Waals surface area contributed by atoms with Crippen LogP contribution >= 0.6 is 11.8 Å². The summed E-state index contributed by atoms with van der Waals surface area (Å²) >= 11 is 1.68. The predicted octanol–water partition coefficient (Wildman–Crippen LogP) is 3.85. The van der Waals surface area contributed by atoms with Gasteiger partial charge in [-0.2, -0.15) is 0 Å². The lowest BCUT2D eigenvalue weighted by Gasteiger charge is -2.39. The lowest BCUT2D eigenvalue weighted by molar-refractivity contribution is -0.119. The maximum atomic E-state index is 12.4. The van der Waals surface area contributed by atoms with Gasteiger partial charge in [-0.25, -0.2) is 0 Å². The summed E-state index contributed by atoms with van der Waals surface area (Å²) in [5.74, 6) is -0.164. The first-order valence-corrected chi connectivity index (χ1v) is 10.8. The number of amides is 1. The molecule has 0 aromatic heterocycles. The molecule has 0 bridgehead atoms. The van der Waals surface area contributed by atoms with Gasteiger partial charge in [-0.1, -0.05) is 42.5 Å². The van der Waals surface area contributed by atoms with Crippen LogP contribution < -0.4 is 5.32 Å². The van der Waals surface area contributed by atoms with E-state index in [0.717, 1.165) is 24.0 Å². The Bertz CT molecular complexity index is 785. The molecule has 1 heterocycles. The van der Waals surface area contributed by atoms with Crippen molar-refractivity contribution in [2.45, 2.75) is 23.3 Å². The molecule has 1 fully saturated rings. The second kappa shape index (κ2) is 9.92. The van der Waals surface area contributed by atoms with Crippen LogP contribution in [0.25, 0.3) is 6.08 Å². The van der Waals surface area contributed by atoms with Gasteiger partial charge < -0.3 is 15.2 Å². The normalized spacial score (nSPS) is 17.4. The Morgan fingerprint density at radius 2 is 1.86 bits per heavy atom. The molecule has 28 heavy (non-hydrogen) atoms. The van der Waals surface area contributed by atoms with E-state index in [4.69, 9.17) is 4.74 Å². The highest BCUT2D eigenvalue weighted by molar-refractivity contribution is 7.98. The molecule has 0 unspecified atom stereocenters. The van der Waals surface area contributed by atoms with Crippen LogP contribution in [0, 0.1) is 5.92 Å². The van der Waals surface area contributed by atoms with E-state index < -0.39 is 5.60 Å². The predicted molar refractivity (Wildman–Crippen MR) is 114 cm³/mol. The van der Waals surface area contributed by atoms with Gasteiger partial charge in [0.15, 0.2) is 0 Å². The maximum Gasteiger partial charge on any atom is 0.244 e. The third kappa shape index (κ3) is 5.25. The molecule has 1 aliphatic heterocycles. The van der Waals surface area contributed by atoms with E-state index in [1.807, 2.05) is 60.9 Å². The molecule has 1 amide bonds. The van der Waals surface area contributed by atoms with Crippen LogP contribution in [0.3, 0.4) is 0 Å². The van der Waals surface area contributed by atoms with E-state index in [0.29, 0.717) is 13.2 Å². The Balaban J connectivity index is 1.67. The highest BCUT2D eigenvalue weighted by Gasteiger charge is 2.39. The number of nitrogens with one attached hydrogen (secondary N) is 1. The minimum atomic E-state index is -1.10. The second-order valence-electron chi connectivity index (χ2n) is 7.00. The van der Waals surface area contributed by atoms with Gasteiger partial charge in [0.2, 0.25) is 5.91 Å². The first kappa shape index (κ1) is 20.6. The zero-order valence-electron chi connectivity index (χ0n) is 16.1. The van der Waals surface area contributed by atoms with Crippen LogP contribution in [-0.4, -0.2) is 37.0 Å². The average molecular weight is 398 g/mol. The summed E-state index contributed by atoms with van der Waals surface area (Å²) in [6, 6.07) is 17.6. The van der Waals surface area contributed by atoms with Gasteiger partial charge in [0, 0.05) is 24.2 Å². The summed E-state index contributed by atoms with van der Waals surface area (Å²) in [5, 5.41) is 14.4. The number of hydrogen-bond acceptors (Lipinski definition) is 4. The highest BCUT2D eigenvalue weighted by atomic mass is 32.2. The van der Waals surface area contributed by atoms with Crippen molar-refractivity contribution in [3.8, 4) is 0 Å². The van der Waals surface area contributed by atoms with Gasteiger partial charge in [-0.15, -0.1) is 11.8 Å². The van der Waals surface area contributed by atoms with Crippen molar-refractivity contribution in [2.24, 2.45) is 5.92 Å². The lowest BCUT2D eigenvalue weighted by atomic mass is 9.77. The molecule has 1 saturated heterocycles. The van der Waals surface area contributed by atoms with Crippen molar-refractivity contribution in [1.29, 1.82) is 0 Å². The van der Waals surface area contributed by atoms with Crippen LogP contribution in [0.1, 0.15) is 24.0 Å². The summed E-state index contributed by atoms with van der Waals surface area (Å²) in [6.07, 6.45) is 6.89. The van der Waals surface area contributed by atoms with Gasteiger partial charge >= 0.3 is 0 Å². The average Bonchev–Trinajstić information content (AvgIpc) is 2.77. The van der Waals surface area contributed by atoms with Crippen LogP contribution in [0.5, 0.6) is 0 Å². The monoisotopic (exact) mass is 397 g/mol. The summed E-state index contributed by atoms with van der Waals surface area (Å²) in [4.78, 5) is 13.5. The Morgan fingerprint density at radius 3 is 2.50 bits per heavy atom. The molecule has 3 rings (SSSR count). The molecule has 0 radical (unpaired) electrons. The molecule has 0 aliphatic carbocycles. The largest absolute Gasteiger partial charge is 0.383 e. The van der Waals surface area contributed by atoms with Crippen LogP contribution in [0.2, 0.25) is 0 Å². The van der Waals surface area contributed by atoms with E-state index in [-0.39, 0.29) is 18.4 Å². The Morgan fingerprint density at radius 1 is 1.18 bits per heavy atom. The number of carbonyl (C=O) groups is 1. The van der Waals surface area contributed by atoms with E-state index in [1.165, 1.54) is 11.0 Å². The van der Waals surface area contributed by atoms with Crippen molar-refractivity contribution in [1.82, 2.24) is 5.32 Å². The number of thioether (sulfide) groups is 1. The van der Waals surface area contributed by atoms with Gasteiger partial charge in [-0.05, 0) is 54.4 Å². The molecule has 2 N–H and O–H groups in total. The summed E-state index contributed by atoms with van der Waals surface area (Å²) in [6.45, 7) is 1.45. The fourth-order valence-corrected chi connectivity index (χ4v) is 3.96. The zero-order chi connectivity index (χ0) is 19.8. The number of aliphatic hydroxyl groups is 1. The van der Waals surface area contributed by atoms with E-state index in [1.54, 1.807) is 17.8 Å². The Labute approximate surface area is 171 Å². The van der Waals surface area contributed by atoms with Crippen molar-refractivity contribution in [3.05, 3.63) is 71.8 Å². The molecule has 148 valence electrons. The summed E-state index contributed by atoms with van der Waals surface area (Å²) < 4.78 is 5.45. The van der Waals surface area contributed by atoms with Crippen LogP contribution in [0.4, 0.5) is 0 Å². The number of rotatable bonds is 7. The Hall–Kier alpha value is -2.08. The number of ether oxygens (including phenoxy) is 1. The zero-order valence-corrected chi connectivity index (χ0v) is 17.0. The maximum absolute atomic E-state index is 12.4. The van der Waals surface area contributed by atoms with E-state index in [9.17, 15) is 9.90 Å². The van der Waals surface area contributed by atoms with Crippen molar-refractivity contribution in [2.75, 3.05) is 26.0 Å². The number of carbonyl (C=O) groups excluding carboxylic acids is 1. The molecule has 0 spiro atoms. The number of benzene rings is 2. The molecule has 1 atom stereocenters. The molecule has 4 nitrogen and oxygen atoms in total. The van der Waals surface area contributed by atoms with E-state index >= 15 is 0 Å². The quantitative estimate of drug-likeness (QED) is 0.550. The van der Waals surface area contributed by atoms with Gasteiger partial charge in [0.25, 0.3) is 0 Å². The molecule has 1 aliphatic rings. The highest BCUT2D eigenvalue weighted by Crippen LogP contribution is 2.35. The van der Waals surface area contributed by atoms with Crippen molar-refractivity contribution in [3.63, 3.8) is 0 Å². The fourth-order valence-electron chi connectivity index (χ4n) is 3.55. The SMILES string of the molecule is CSc1ccc(/C=C/C(=O)NC[C@](O)(c2ccccc2)C2CCOCC2)cc1. The van der Waals surface area contributed by atoms with Crippen molar-refractivity contribution < 1.29 is 14.6 Å². The van der Waals surface area contributed by atoms with Crippen LogP contribution in [0.15, 0.2) is 65.6 Å².